The van der Waals surface area contributed by atoms with E-state index in [2.05, 4.69) is 36.4 Å². The van der Waals surface area contributed by atoms with Crippen molar-refractivity contribution in [3.63, 3.8) is 0 Å². The second-order valence-electron chi connectivity index (χ2n) is 5.40. The SMILES string of the molecule is COc1ccc(Cc2ccc(Oc3c#cc(C)cc3)cc2)cc1. The van der Waals surface area contributed by atoms with Crippen molar-refractivity contribution in [2.75, 3.05) is 7.11 Å². The number of ether oxygens (including phenoxy) is 2. The fourth-order valence-electron chi connectivity index (χ4n) is 2.29. The van der Waals surface area contributed by atoms with Crippen LogP contribution in [0.2, 0.25) is 0 Å². The van der Waals surface area contributed by atoms with Crippen molar-refractivity contribution in [3.8, 4) is 17.2 Å². The van der Waals surface area contributed by atoms with Crippen molar-refractivity contribution in [1.82, 2.24) is 0 Å². The van der Waals surface area contributed by atoms with E-state index in [1.807, 2.05) is 43.3 Å². The number of hydrogen-bond donors (Lipinski definition) is 0. The van der Waals surface area contributed by atoms with E-state index in [9.17, 15) is 0 Å². The van der Waals surface area contributed by atoms with Crippen LogP contribution in [0.4, 0.5) is 0 Å². The van der Waals surface area contributed by atoms with Gasteiger partial charge in [0.25, 0.3) is 0 Å². The number of hydrogen-bond acceptors (Lipinski definition) is 2. The minimum Gasteiger partial charge on any atom is -0.497 e. The maximum absolute atomic E-state index is 5.77. The summed E-state index contributed by atoms with van der Waals surface area (Å²) in [6.45, 7) is 1.98. The van der Waals surface area contributed by atoms with Crippen molar-refractivity contribution in [2.24, 2.45) is 0 Å². The van der Waals surface area contributed by atoms with E-state index in [0.29, 0.717) is 5.75 Å². The molecular weight excluding hydrogens is 284 g/mol. The molecule has 2 nitrogen and oxygen atoms in total. The van der Waals surface area contributed by atoms with Gasteiger partial charge in [-0.2, -0.15) is 0 Å². The number of methoxy groups -OCH3 is 1. The smallest absolute Gasteiger partial charge is 0.177 e. The maximum Gasteiger partial charge on any atom is 0.177 e. The Balaban J connectivity index is 1.65. The Hall–Kier alpha value is -2.92. The number of benzene rings is 2. The zero-order chi connectivity index (χ0) is 16.1. The summed E-state index contributed by atoms with van der Waals surface area (Å²) in [6.07, 6.45) is 0.884. The standard InChI is InChI=1S/C21H18O2/c1-16-3-9-20(10-4-16)23-21-13-7-18(8-14-21)15-17-5-11-19(22-2)12-6-17/h3,5-9,11-14H,15H2,1-2H3. The molecule has 0 aliphatic heterocycles. The molecular formula is C21H18O2. The van der Waals surface area contributed by atoms with Gasteiger partial charge in [0, 0.05) is 0 Å². The first-order valence-electron chi connectivity index (χ1n) is 7.53. The van der Waals surface area contributed by atoms with Gasteiger partial charge in [0.2, 0.25) is 0 Å². The van der Waals surface area contributed by atoms with E-state index in [1.54, 1.807) is 7.11 Å². The summed E-state index contributed by atoms with van der Waals surface area (Å²) < 4.78 is 10.9. The van der Waals surface area contributed by atoms with Crippen LogP contribution < -0.4 is 9.47 Å². The van der Waals surface area contributed by atoms with Gasteiger partial charge < -0.3 is 9.47 Å². The van der Waals surface area contributed by atoms with Crippen LogP contribution in [-0.4, -0.2) is 7.11 Å². The lowest BCUT2D eigenvalue weighted by atomic mass is 10.0. The van der Waals surface area contributed by atoms with Crippen molar-refractivity contribution < 1.29 is 9.47 Å². The van der Waals surface area contributed by atoms with E-state index in [0.717, 1.165) is 23.5 Å². The van der Waals surface area contributed by atoms with Crippen LogP contribution in [0.3, 0.4) is 0 Å². The molecule has 0 saturated carbocycles. The largest absolute Gasteiger partial charge is 0.497 e. The van der Waals surface area contributed by atoms with Crippen LogP contribution in [0.5, 0.6) is 17.2 Å². The molecule has 0 aliphatic rings. The first kappa shape index (κ1) is 15.0. The average Bonchev–Trinajstić information content (AvgIpc) is 2.59. The van der Waals surface area contributed by atoms with Gasteiger partial charge in [-0.05, 0) is 72.5 Å². The van der Waals surface area contributed by atoms with Crippen molar-refractivity contribution in [3.05, 3.63) is 89.5 Å². The molecule has 0 unspecified atom stereocenters. The molecule has 0 N–H and O–H groups in total. The Morgan fingerprint density at radius 3 is 1.87 bits per heavy atom. The molecule has 114 valence electrons. The molecule has 0 spiro atoms. The van der Waals surface area contributed by atoms with Gasteiger partial charge in [0.15, 0.2) is 5.75 Å². The van der Waals surface area contributed by atoms with Gasteiger partial charge in [-0.25, -0.2) is 0 Å². The van der Waals surface area contributed by atoms with Gasteiger partial charge in [-0.3, -0.25) is 0 Å². The third-order valence-electron chi connectivity index (χ3n) is 3.59. The molecule has 3 rings (SSSR count). The van der Waals surface area contributed by atoms with Gasteiger partial charge in [0.1, 0.15) is 11.5 Å². The summed E-state index contributed by atoms with van der Waals surface area (Å²) in [5.41, 5.74) is 3.54. The first-order valence-corrected chi connectivity index (χ1v) is 7.53. The highest BCUT2D eigenvalue weighted by Crippen LogP contribution is 2.21. The molecule has 2 heteroatoms. The normalized spacial score (nSPS) is 10.0. The molecule has 0 bridgehead atoms. The van der Waals surface area contributed by atoms with Gasteiger partial charge in [0.05, 0.1) is 7.11 Å². The predicted molar refractivity (Wildman–Crippen MR) is 91.2 cm³/mol. The molecule has 0 aliphatic carbocycles. The van der Waals surface area contributed by atoms with Crippen LogP contribution in [-0.2, 0) is 6.42 Å². The number of rotatable bonds is 5. The summed E-state index contributed by atoms with van der Waals surface area (Å²) in [5.74, 6) is 2.36. The highest BCUT2D eigenvalue weighted by atomic mass is 16.5. The van der Waals surface area contributed by atoms with Crippen molar-refractivity contribution in [2.45, 2.75) is 13.3 Å². The number of aryl methyl sites for hydroxylation is 1. The average molecular weight is 302 g/mol. The quantitative estimate of drug-likeness (QED) is 0.661. The van der Waals surface area contributed by atoms with Crippen LogP contribution in [0.15, 0.2) is 60.7 Å². The van der Waals surface area contributed by atoms with Crippen molar-refractivity contribution in [1.29, 1.82) is 0 Å². The van der Waals surface area contributed by atoms with Gasteiger partial charge in [-0.1, -0.05) is 30.3 Å². The Kier molecular flexibility index (Phi) is 4.49. The fraction of sp³-hybridized carbons (Fsp3) is 0.143. The minimum atomic E-state index is 0.679. The summed E-state index contributed by atoms with van der Waals surface area (Å²) in [5, 5.41) is 0. The monoisotopic (exact) mass is 302 g/mol. The summed E-state index contributed by atoms with van der Waals surface area (Å²) >= 11 is 0. The third kappa shape index (κ3) is 4.05. The highest BCUT2D eigenvalue weighted by Gasteiger charge is 2.00. The lowest BCUT2D eigenvalue weighted by Crippen LogP contribution is -1.90. The molecule has 3 aromatic rings. The molecule has 0 aromatic heterocycles. The molecule has 0 atom stereocenters. The van der Waals surface area contributed by atoms with E-state index in [-0.39, 0.29) is 0 Å². The predicted octanol–water partition coefficient (Wildman–Crippen LogP) is 4.99. The zero-order valence-electron chi connectivity index (χ0n) is 13.3. The van der Waals surface area contributed by atoms with E-state index < -0.39 is 0 Å². The van der Waals surface area contributed by atoms with E-state index in [4.69, 9.17) is 9.47 Å². The fourth-order valence-corrected chi connectivity index (χ4v) is 2.29. The van der Waals surface area contributed by atoms with E-state index in [1.165, 1.54) is 11.1 Å². The second kappa shape index (κ2) is 6.89. The Morgan fingerprint density at radius 2 is 1.35 bits per heavy atom. The minimum absolute atomic E-state index is 0.679. The lowest BCUT2D eigenvalue weighted by molar-refractivity contribution is 0.414. The molecule has 0 radical (unpaired) electrons. The summed E-state index contributed by atoms with van der Waals surface area (Å²) in [4.78, 5) is 0. The third-order valence-corrected chi connectivity index (χ3v) is 3.59. The van der Waals surface area contributed by atoms with E-state index >= 15 is 0 Å². The molecule has 23 heavy (non-hydrogen) atoms. The van der Waals surface area contributed by atoms with Crippen LogP contribution >= 0.6 is 0 Å². The zero-order valence-corrected chi connectivity index (χ0v) is 13.3. The van der Waals surface area contributed by atoms with Crippen LogP contribution in [0.1, 0.15) is 16.7 Å². The van der Waals surface area contributed by atoms with Crippen LogP contribution in [0.25, 0.3) is 0 Å². The Bertz CT molecular complexity index is 741. The van der Waals surface area contributed by atoms with Gasteiger partial charge >= 0.3 is 0 Å². The first-order chi connectivity index (χ1) is 11.2. The molecule has 3 aromatic carbocycles. The van der Waals surface area contributed by atoms with Crippen molar-refractivity contribution >= 4 is 0 Å². The van der Waals surface area contributed by atoms with Gasteiger partial charge in [-0.15, -0.1) is 0 Å². The molecule has 0 saturated heterocycles. The maximum atomic E-state index is 5.77. The summed E-state index contributed by atoms with van der Waals surface area (Å²) in [6, 6.07) is 26.1. The van der Waals surface area contributed by atoms with Crippen LogP contribution in [0, 0.1) is 19.1 Å². The molecule has 0 heterocycles. The molecule has 0 amide bonds. The lowest BCUT2D eigenvalue weighted by Gasteiger charge is -2.06. The Morgan fingerprint density at radius 1 is 0.739 bits per heavy atom. The second-order valence-corrected chi connectivity index (χ2v) is 5.40. The molecule has 0 fully saturated rings. The topological polar surface area (TPSA) is 18.5 Å². The highest BCUT2D eigenvalue weighted by molar-refractivity contribution is 5.35. The summed E-state index contributed by atoms with van der Waals surface area (Å²) in [7, 11) is 1.68. The Labute approximate surface area is 137 Å².